The maximum absolute atomic E-state index is 12.1. The van der Waals surface area contributed by atoms with Crippen molar-refractivity contribution in [2.45, 2.75) is 6.92 Å². The van der Waals surface area contributed by atoms with Gasteiger partial charge < -0.3 is 14.2 Å². The standard InChI is InChI=1S/C22H18Br2N2O5/c1-13(27)31-18-7-3-14(9-20(18)29-2)11-25-26-21(28)12-30-19-8-4-15-10-16(23)5-6-17(15)22(19)24/h3-11H,12H2,1-2H3,(H,26,28). The number of rotatable bonds is 7. The number of esters is 1. The number of fused-ring (bicyclic) bond motifs is 1. The summed E-state index contributed by atoms with van der Waals surface area (Å²) in [6, 6.07) is 14.5. The Morgan fingerprint density at radius 1 is 1.03 bits per heavy atom. The Hall–Kier alpha value is -2.91. The third-order valence-electron chi connectivity index (χ3n) is 4.08. The molecule has 3 rings (SSSR count). The van der Waals surface area contributed by atoms with E-state index in [0.717, 1.165) is 19.7 Å². The molecule has 0 atom stereocenters. The predicted molar refractivity (Wildman–Crippen MR) is 125 cm³/mol. The van der Waals surface area contributed by atoms with Crippen molar-refractivity contribution in [2.75, 3.05) is 13.7 Å². The van der Waals surface area contributed by atoms with E-state index in [2.05, 4.69) is 42.4 Å². The van der Waals surface area contributed by atoms with E-state index < -0.39 is 11.9 Å². The van der Waals surface area contributed by atoms with Crippen molar-refractivity contribution in [3.63, 3.8) is 0 Å². The zero-order valence-corrected chi connectivity index (χ0v) is 19.8. The number of hydrogen-bond acceptors (Lipinski definition) is 6. The minimum atomic E-state index is -0.446. The summed E-state index contributed by atoms with van der Waals surface area (Å²) in [5.74, 6) is 0.375. The maximum Gasteiger partial charge on any atom is 0.308 e. The molecule has 0 aliphatic heterocycles. The Morgan fingerprint density at radius 2 is 1.81 bits per heavy atom. The van der Waals surface area contributed by atoms with Crippen LogP contribution in [-0.4, -0.2) is 31.8 Å². The quantitative estimate of drug-likeness (QED) is 0.197. The monoisotopic (exact) mass is 548 g/mol. The highest BCUT2D eigenvalue weighted by molar-refractivity contribution is 9.11. The first kappa shape index (κ1) is 22.8. The van der Waals surface area contributed by atoms with E-state index in [4.69, 9.17) is 14.2 Å². The van der Waals surface area contributed by atoms with E-state index in [0.29, 0.717) is 22.8 Å². The van der Waals surface area contributed by atoms with Gasteiger partial charge in [-0.15, -0.1) is 0 Å². The molecular formula is C22H18Br2N2O5. The number of hydrazone groups is 1. The van der Waals surface area contributed by atoms with Crippen molar-refractivity contribution in [3.8, 4) is 17.2 Å². The lowest BCUT2D eigenvalue weighted by atomic mass is 10.1. The van der Waals surface area contributed by atoms with Gasteiger partial charge >= 0.3 is 5.97 Å². The Labute approximate surface area is 195 Å². The number of nitrogens with zero attached hydrogens (tertiary/aromatic N) is 1. The van der Waals surface area contributed by atoms with Crippen LogP contribution in [0, 0.1) is 0 Å². The Morgan fingerprint density at radius 3 is 2.55 bits per heavy atom. The zero-order valence-electron chi connectivity index (χ0n) is 16.6. The minimum Gasteiger partial charge on any atom is -0.493 e. The van der Waals surface area contributed by atoms with Crippen LogP contribution < -0.4 is 19.6 Å². The molecule has 0 bridgehead atoms. The average Bonchev–Trinajstić information content (AvgIpc) is 2.73. The van der Waals surface area contributed by atoms with Gasteiger partial charge in [0.1, 0.15) is 5.75 Å². The van der Waals surface area contributed by atoms with Gasteiger partial charge in [-0.05, 0) is 68.7 Å². The lowest BCUT2D eigenvalue weighted by Crippen LogP contribution is -2.24. The predicted octanol–water partition coefficient (Wildman–Crippen LogP) is 4.83. The van der Waals surface area contributed by atoms with Crippen molar-refractivity contribution in [1.82, 2.24) is 5.43 Å². The Balaban J connectivity index is 1.58. The number of carbonyl (C=O) groups excluding carboxylic acids is 2. The third kappa shape index (κ3) is 6.05. The van der Waals surface area contributed by atoms with Gasteiger partial charge in [0.2, 0.25) is 0 Å². The van der Waals surface area contributed by atoms with Crippen molar-refractivity contribution in [2.24, 2.45) is 5.10 Å². The Kier molecular flexibility index (Phi) is 7.64. The van der Waals surface area contributed by atoms with Gasteiger partial charge in [-0.1, -0.05) is 28.1 Å². The number of ether oxygens (including phenoxy) is 3. The van der Waals surface area contributed by atoms with Gasteiger partial charge in [0.15, 0.2) is 18.1 Å². The zero-order chi connectivity index (χ0) is 22.4. The lowest BCUT2D eigenvalue weighted by Gasteiger charge is -2.10. The summed E-state index contributed by atoms with van der Waals surface area (Å²) in [6.45, 7) is 1.11. The van der Waals surface area contributed by atoms with Crippen LogP contribution in [0.15, 0.2) is 62.6 Å². The van der Waals surface area contributed by atoms with E-state index in [1.165, 1.54) is 20.2 Å². The molecule has 0 unspecified atom stereocenters. The lowest BCUT2D eigenvalue weighted by molar-refractivity contribution is -0.132. The van der Waals surface area contributed by atoms with Crippen LogP contribution >= 0.6 is 31.9 Å². The number of amides is 1. The second-order valence-corrected chi connectivity index (χ2v) is 8.04. The summed E-state index contributed by atoms with van der Waals surface area (Å²) in [5, 5.41) is 5.93. The fourth-order valence-corrected chi connectivity index (χ4v) is 3.70. The second kappa shape index (κ2) is 10.4. The molecule has 0 spiro atoms. The van der Waals surface area contributed by atoms with Crippen LogP contribution in [0.5, 0.6) is 17.2 Å². The number of nitrogens with one attached hydrogen (secondary N) is 1. The van der Waals surface area contributed by atoms with Gasteiger partial charge in [-0.2, -0.15) is 5.10 Å². The van der Waals surface area contributed by atoms with E-state index in [9.17, 15) is 9.59 Å². The van der Waals surface area contributed by atoms with Gasteiger partial charge in [0.05, 0.1) is 17.8 Å². The molecule has 3 aromatic rings. The Bertz CT molecular complexity index is 1160. The molecule has 0 radical (unpaired) electrons. The summed E-state index contributed by atoms with van der Waals surface area (Å²) in [7, 11) is 1.46. The van der Waals surface area contributed by atoms with Gasteiger partial charge in [-0.3, -0.25) is 9.59 Å². The number of methoxy groups -OCH3 is 1. The highest BCUT2D eigenvalue weighted by Crippen LogP contribution is 2.34. The number of hydrogen-bond donors (Lipinski definition) is 1. The first-order valence-corrected chi connectivity index (χ1v) is 10.6. The molecule has 0 saturated heterocycles. The van der Waals surface area contributed by atoms with Crippen molar-refractivity contribution in [3.05, 3.63) is 63.0 Å². The SMILES string of the molecule is COc1cc(C=NNC(=O)COc2ccc3cc(Br)ccc3c2Br)ccc1OC(C)=O. The largest absolute Gasteiger partial charge is 0.493 e. The molecule has 0 aromatic heterocycles. The molecule has 9 heteroatoms. The first-order chi connectivity index (χ1) is 14.9. The van der Waals surface area contributed by atoms with Crippen molar-refractivity contribution < 1.29 is 23.8 Å². The summed E-state index contributed by atoms with van der Waals surface area (Å²) in [6.07, 6.45) is 1.45. The van der Waals surface area contributed by atoms with Crippen LogP contribution in [0.1, 0.15) is 12.5 Å². The number of carbonyl (C=O) groups is 2. The maximum atomic E-state index is 12.1. The highest BCUT2D eigenvalue weighted by atomic mass is 79.9. The fraction of sp³-hybridized carbons (Fsp3) is 0.136. The van der Waals surface area contributed by atoms with E-state index >= 15 is 0 Å². The summed E-state index contributed by atoms with van der Waals surface area (Å²) in [4.78, 5) is 23.2. The molecule has 1 N–H and O–H groups in total. The molecule has 7 nitrogen and oxygen atoms in total. The van der Waals surface area contributed by atoms with E-state index in [1.807, 2.05) is 24.3 Å². The molecule has 3 aromatic carbocycles. The minimum absolute atomic E-state index is 0.202. The average molecular weight is 550 g/mol. The van der Waals surface area contributed by atoms with Crippen LogP contribution in [0.2, 0.25) is 0 Å². The van der Waals surface area contributed by atoms with E-state index in [-0.39, 0.29) is 6.61 Å². The van der Waals surface area contributed by atoms with Crippen molar-refractivity contribution in [1.29, 1.82) is 0 Å². The highest BCUT2D eigenvalue weighted by Gasteiger charge is 2.10. The van der Waals surface area contributed by atoms with Gasteiger partial charge in [0, 0.05) is 11.4 Å². The normalized spacial score (nSPS) is 10.8. The molecule has 0 heterocycles. The van der Waals surface area contributed by atoms with Crippen LogP contribution in [0.3, 0.4) is 0 Å². The smallest absolute Gasteiger partial charge is 0.308 e. The third-order valence-corrected chi connectivity index (χ3v) is 5.39. The second-order valence-electron chi connectivity index (χ2n) is 6.33. The summed E-state index contributed by atoms with van der Waals surface area (Å²) >= 11 is 6.98. The molecule has 0 fully saturated rings. The van der Waals surface area contributed by atoms with Crippen molar-refractivity contribution >= 4 is 60.7 Å². The molecule has 160 valence electrons. The number of benzene rings is 3. The van der Waals surface area contributed by atoms with E-state index in [1.54, 1.807) is 24.3 Å². The molecular weight excluding hydrogens is 532 g/mol. The molecule has 0 saturated carbocycles. The fourth-order valence-electron chi connectivity index (χ4n) is 2.71. The van der Waals surface area contributed by atoms with Gasteiger partial charge in [-0.25, -0.2) is 5.43 Å². The molecule has 31 heavy (non-hydrogen) atoms. The van der Waals surface area contributed by atoms with Gasteiger partial charge in [0.25, 0.3) is 5.91 Å². The molecule has 0 aliphatic carbocycles. The summed E-state index contributed by atoms with van der Waals surface area (Å²) in [5.41, 5.74) is 3.06. The van der Waals surface area contributed by atoms with Crippen LogP contribution in [0.4, 0.5) is 0 Å². The molecule has 0 aliphatic rings. The summed E-state index contributed by atoms with van der Waals surface area (Å²) < 4.78 is 17.6. The first-order valence-electron chi connectivity index (χ1n) is 9.06. The van der Waals surface area contributed by atoms with Crippen LogP contribution in [0.25, 0.3) is 10.8 Å². The number of halogens is 2. The van der Waals surface area contributed by atoms with Crippen LogP contribution in [-0.2, 0) is 9.59 Å². The topological polar surface area (TPSA) is 86.2 Å². The molecule has 1 amide bonds.